The van der Waals surface area contributed by atoms with Gasteiger partial charge in [0.25, 0.3) is 5.91 Å². The molecule has 1 N–H and O–H groups in total. The van der Waals surface area contributed by atoms with Crippen molar-refractivity contribution in [2.45, 2.75) is 13.8 Å². The number of quaternary nitrogens is 1. The molecule has 2 saturated heterocycles. The number of hydrogen-bond donors (Lipinski definition) is 1. The van der Waals surface area contributed by atoms with Gasteiger partial charge in [0.2, 0.25) is 0 Å². The Morgan fingerprint density at radius 1 is 1.19 bits per heavy atom. The first-order valence-electron chi connectivity index (χ1n) is 9.36. The van der Waals surface area contributed by atoms with Crippen LogP contribution in [0.4, 0.5) is 0 Å². The normalized spacial score (nSPS) is 26.7. The second-order valence-corrected chi connectivity index (χ2v) is 7.36. The van der Waals surface area contributed by atoms with Crippen LogP contribution >= 0.6 is 0 Å². The van der Waals surface area contributed by atoms with E-state index in [1.54, 1.807) is 31.3 Å². The Morgan fingerprint density at radius 3 is 2.41 bits per heavy atom. The van der Waals surface area contributed by atoms with Crippen molar-refractivity contribution in [3.63, 3.8) is 0 Å². The fourth-order valence-corrected chi connectivity index (χ4v) is 3.97. The number of likely N-dealkylation sites (N-methyl/N-ethyl adjacent to an activating group) is 2. The van der Waals surface area contributed by atoms with Gasteiger partial charge >= 0.3 is 18.6 Å². The van der Waals surface area contributed by atoms with Crippen LogP contribution in [0.3, 0.4) is 0 Å². The maximum atomic E-state index is 12.5. The summed E-state index contributed by atoms with van der Waals surface area (Å²) in [6, 6.07) is 6.80. The van der Waals surface area contributed by atoms with Crippen molar-refractivity contribution in [3.05, 3.63) is 29.8 Å². The summed E-state index contributed by atoms with van der Waals surface area (Å²) in [6.45, 7) is 5.17. The topological polar surface area (TPSA) is 84.9 Å². The van der Waals surface area contributed by atoms with E-state index in [1.807, 2.05) is 0 Å². The van der Waals surface area contributed by atoms with Crippen molar-refractivity contribution in [2.24, 2.45) is 0 Å². The maximum Gasteiger partial charge on any atom is 0.614 e. The monoisotopic (exact) mass is 375 g/mol. The molecule has 0 spiro atoms. The third-order valence-electron chi connectivity index (χ3n) is 5.56. The minimum Gasteiger partial charge on any atom is -0.596 e. The Kier molecular flexibility index (Phi) is 5.25. The molecular formula is C18H26BN3O5. The first kappa shape index (κ1) is 19.4. The van der Waals surface area contributed by atoms with Crippen LogP contribution in [0.2, 0.25) is 0 Å². The zero-order chi connectivity index (χ0) is 19.7. The molecule has 2 aliphatic heterocycles. The predicted molar refractivity (Wildman–Crippen MR) is 100 cm³/mol. The van der Waals surface area contributed by atoms with Gasteiger partial charge in [0, 0.05) is 25.7 Å². The van der Waals surface area contributed by atoms with Crippen LogP contribution < -0.4 is 10.8 Å². The second kappa shape index (κ2) is 7.32. The standard InChI is InChI=1S/C18H26BN3O5/c1-4-21(5-2)10-9-20-18(25)14-7-6-8-15(11-14)19-22(3,12-16(23)26-19)13-17(24)27-19/h6-8,11H,4-5,9-10,12-13H2,1-3H3,(H,20,25). The Morgan fingerprint density at radius 2 is 1.81 bits per heavy atom. The van der Waals surface area contributed by atoms with Gasteiger partial charge in [0.05, 0.1) is 0 Å². The molecular weight excluding hydrogens is 349 g/mol. The minimum atomic E-state index is -2.32. The average Bonchev–Trinajstić information content (AvgIpc) is 3.02. The molecule has 0 radical (unpaired) electrons. The van der Waals surface area contributed by atoms with Crippen LogP contribution in [0.5, 0.6) is 0 Å². The lowest BCUT2D eigenvalue weighted by Gasteiger charge is -2.40. The smallest absolute Gasteiger partial charge is 0.596 e. The van der Waals surface area contributed by atoms with Crippen molar-refractivity contribution >= 4 is 30.0 Å². The lowest BCUT2D eigenvalue weighted by atomic mass is 9.61. The summed E-state index contributed by atoms with van der Waals surface area (Å²) in [7, 11) is 1.77. The van der Waals surface area contributed by atoms with E-state index in [0.29, 0.717) is 17.6 Å². The van der Waals surface area contributed by atoms with E-state index in [4.69, 9.17) is 9.31 Å². The molecule has 0 aliphatic carbocycles. The molecule has 0 aromatic heterocycles. The SMILES string of the molecule is CCN(CC)CCNC(=O)c1cccc([B-]23OC(=O)C[N+]2(C)CC(=O)O3)c1. The highest BCUT2D eigenvalue weighted by molar-refractivity contribution is 6.79. The number of nitrogens with one attached hydrogen (secondary N) is 1. The third kappa shape index (κ3) is 3.44. The van der Waals surface area contributed by atoms with E-state index in [-0.39, 0.29) is 23.4 Å². The van der Waals surface area contributed by atoms with Crippen molar-refractivity contribution < 1.29 is 28.1 Å². The second-order valence-electron chi connectivity index (χ2n) is 7.36. The molecule has 1 amide bonds. The summed E-state index contributed by atoms with van der Waals surface area (Å²) in [5, 5.41) is 2.91. The fraction of sp³-hybridized carbons (Fsp3) is 0.500. The summed E-state index contributed by atoms with van der Waals surface area (Å²) in [4.78, 5) is 38.6. The van der Waals surface area contributed by atoms with E-state index >= 15 is 0 Å². The number of rotatable bonds is 7. The maximum absolute atomic E-state index is 12.5. The van der Waals surface area contributed by atoms with Gasteiger partial charge in [0.15, 0.2) is 0 Å². The van der Waals surface area contributed by atoms with Crippen molar-refractivity contribution in [1.29, 1.82) is 0 Å². The number of amides is 1. The summed E-state index contributed by atoms with van der Waals surface area (Å²) in [5.74, 6) is -1.02. The number of carbonyl (C=O) groups is 3. The Balaban J connectivity index is 1.78. The Hall–Kier alpha value is -2.39. The molecule has 1 aromatic carbocycles. The summed E-state index contributed by atoms with van der Waals surface area (Å²) in [6.07, 6.45) is 0. The lowest BCUT2D eigenvalue weighted by molar-refractivity contribution is -0.791. The third-order valence-corrected chi connectivity index (χ3v) is 5.56. The number of nitrogens with zero attached hydrogens (tertiary/aromatic N) is 2. The number of benzene rings is 1. The molecule has 9 heteroatoms. The van der Waals surface area contributed by atoms with E-state index in [2.05, 4.69) is 24.1 Å². The van der Waals surface area contributed by atoms with Crippen LogP contribution in [-0.2, 0) is 18.9 Å². The Bertz CT molecular complexity index is 745. The van der Waals surface area contributed by atoms with Gasteiger partial charge < -0.3 is 23.9 Å². The summed E-state index contributed by atoms with van der Waals surface area (Å²) >= 11 is 0. The summed E-state index contributed by atoms with van der Waals surface area (Å²) < 4.78 is 11.1. The highest BCUT2D eigenvalue weighted by Crippen LogP contribution is 2.33. The molecule has 0 unspecified atom stereocenters. The first-order valence-corrected chi connectivity index (χ1v) is 9.36. The first-order chi connectivity index (χ1) is 12.8. The van der Waals surface area contributed by atoms with Crippen LogP contribution in [0, 0.1) is 0 Å². The molecule has 0 atom stereocenters. The fourth-order valence-electron chi connectivity index (χ4n) is 3.97. The molecule has 1 aromatic rings. The lowest BCUT2D eigenvalue weighted by Crippen LogP contribution is -2.67. The minimum absolute atomic E-state index is 0.0602. The number of hydrogen-bond acceptors (Lipinski definition) is 6. The summed E-state index contributed by atoms with van der Waals surface area (Å²) in [5.41, 5.74) is 0.992. The van der Waals surface area contributed by atoms with Gasteiger partial charge in [-0.3, -0.25) is 14.4 Å². The van der Waals surface area contributed by atoms with E-state index in [9.17, 15) is 14.4 Å². The van der Waals surface area contributed by atoms with Crippen LogP contribution in [0.1, 0.15) is 24.2 Å². The molecule has 2 aliphatic rings. The van der Waals surface area contributed by atoms with Gasteiger partial charge in [-0.1, -0.05) is 32.0 Å². The van der Waals surface area contributed by atoms with Crippen molar-refractivity contribution in [2.75, 3.05) is 46.3 Å². The number of fused-ring (bicyclic) bond motifs is 1. The molecule has 0 bridgehead atoms. The molecule has 146 valence electrons. The van der Waals surface area contributed by atoms with E-state index in [0.717, 1.165) is 19.6 Å². The quantitative estimate of drug-likeness (QED) is 0.645. The van der Waals surface area contributed by atoms with Crippen molar-refractivity contribution in [3.8, 4) is 0 Å². The van der Waals surface area contributed by atoms with E-state index < -0.39 is 18.6 Å². The van der Waals surface area contributed by atoms with Gasteiger partial charge in [-0.05, 0) is 24.6 Å². The Labute approximate surface area is 159 Å². The molecule has 0 saturated carbocycles. The highest BCUT2D eigenvalue weighted by atomic mass is 16.7. The van der Waals surface area contributed by atoms with Crippen LogP contribution in [-0.4, -0.2) is 80.1 Å². The van der Waals surface area contributed by atoms with Gasteiger partial charge in [-0.15, -0.1) is 0 Å². The predicted octanol–water partition coefficient (Wildman–Crippen LogP) is -0.536. The largest absolute Gasteiger partial charge is 0.614 e. The average molecular weight is 375 g/mol. The highest BCUT2D eigenvalue weighted by Gasteiger charge is 2.66. The van der Waals surface area contributed by atoms with Crippen LogP contribution in [0.15, 0.2) is 24.3 Å². The molecule has 8 nitrogen and oxygen atoms in total. The molecule has 2 heterocycles. The van der Waals surface area contributed by atoms with Gasteiger partial charge in [0.1, 0.15) is 13.1 Å². The zero-order valence-corrected chi connectivity index (χ0v) is 16.1. The molecule has 3 rings (SSSR count). The molecule has 2 fully saturated rings. The van der Waals surface area contributed by atoms with Gasteiger partial charge in [-0.2, -0.15) is 0 Å². The van der Waals surface area contributed by atoms with Crippen LogP contribution in [0.25, 0.3) is 0 Å². The number of carbonyl (C=O) groups excluding carboxylic acids is 3. The van der Waals surface area contributed by atoms with Crippen molar-refractivity contribution in [1.82, 2.24) is 10.2 Å². The van der Waals surface area contributed by atoms with Gasteiger partial charge in [-0.25, -0.2) is 0 Å². The molecule has 27 heavy (non-hydrogen) atoms. The van der Waals surface area contributed by atoms with E-state index in [1.165, 1.54) is 0 Å². The zero-order valence-electron chi connectivity index (χ0n) is 16.1.